The second-order valence-corrected chi connectivity index (χ2v) is 5.41. The molecule has 108 valence electrons. The number of aryl methyl sites for hydroxylation is 1. The summed E-state index contributed by atoms with van der Waals surface area (Å²) in [6.45, 7) is 1.42. The third-order valence-corrected chi connectivity index (χ3v) is 4.04. The highest BCUT2D eigenvalue weighted by Crippen LogP contribution is 2.24. The summed E-state index contributed by atoms with van der Waals surface area (Å²) in [5, 5.41) is 0. The fraction of sp³-hybridized carbons (Fsp3) is 0.294. The number of benzene rings is 1. The average molecular weight is 281 g/mol. The summed E-state index contributed by atoms with van der Waals surface area (Å²) in [4.78, 5) is 18.3. The van der Waals surface area contributed by atoms with Gasteiger partial charge in [0.2, 0.25) is 5.91 Å². The van der Waals surface area contributed by atoms with Crippen LogP contribution in [0.1, 0.15) is 23.1 Å². The van der Waals surface area contributed by atoms with E-state index < -0.39 is 0 Å². The zero-order valence-electron chi connectivity index (χ0n) is 12.0. The maximum atomic E-state index is 12.4. The third-order valence-electron chi connectivity index (χ3n) is 4.04. The highest BCUT2D eigenvalue weighted by Gasteiger charge is 2.21. The predicted molar refractivity (Wildman–Crippen MR) is 82.5 cm³/mol. The second-order valence-electron chi connectivity index (χ2n) is 5.41. The number of hydrogen-bond acceptors (Lipinski definition) is 3. The standard InChI is InChI=1S/C17H19N3O/c18-16-3-1-2-14-8-11-20(12-15(14)16)17(21)5-4-13-6-9-19-10-7-13/h1-3,6-7,9-10H,4-5,8,11-12,18H2. The van der Waals surface area contributed by atoms with E-state index >= 15 is 0 Å². The van der Waals surface area contributed by atoms with Crippen molar-refractivity contribution in [3.05, 3.63) is 59.4 Å². The Hall–Kier alpha value is -2.36. The van der Waals surface area contributed by atoms with Crippen LogP contribution < -0.4 is 5.73 Å². The molecule has 0 saturated heterocycles. The van der Waals surface area contributed by atoms with Gasteiger partial charge in [-0.2, -0.15) is 0 Å². The fourth-order valence-electron chi connectivity index (χ4n) is 2.78. The number of nitrogen functional groups attached to an aromatic ring is 1. The average Bonchev–Trinajstić information content (AvgIpc) is 2.54. The molecule has 1 aliphatic rings. The van der Waals surface area contributed by atoms with E-state index in [0.29, 0.717) is 13.0 Å². The lowest BCUT2D eigenvalue weighted by molar-refractivity contribution is -0.132. The van der Waals surface area contributed by atoms with E-state index in [-0.39, 0.29) is 5.91 Å². The number of anilines is 1. The first-order valence-corrected chi connectivity index (χ1v) is 7.27. The molecule has 1 aromatic carbocycles. The van der Waals surface area contributed by atoms with Gasteiger partial charge in [0.1, 0.15) is 0 Å². The molecule has 0 saturated carbocycles. The quantitative estimate of drug-likeness (QED) is 0.877. The van der Waals surface area contributed by atoms with Crippen LogP contribution in [-0.2, 0) is 24.2 Å². The van der Waals surface area contributed by atoms with Gasteiger partial charge < -0.3 is 10.6 Å². The van der Waals surface area contributed by atoms with Gasteiger partial charge in [0.15, 0.2) is 0 Å². The third kappa shape index (κ3) is 3.05. The number of carbonyl (C=O) groups is 1. The molecule has 1 aliphatic heterocycles. The van der Waals surface area contributed by atoms with Crippen LogP contribution >= 0.6 is 0 Å². The Kier molecular flexibility index (Phi) is 3.86. The minimum absolute atomic E-state index is 0.195. The first kappa shape index (κ1) is 13.6. The van der Waals surface area contributed by atoms with Crippen molar-refractivity contribution in [1.82, 2.24) is 9.88 Å². The number of rotatable bonds is 3. The Bertz CT molecular complexity index is 640. The number of fused-ring (bicyclic) bond motifs is 1. The van der Waals surface area contributed by atoms with Gasteiger partial charge in [-0.05, 0) is 47.7 Å². The highest BCUT2D eigenvalue weighted by atomic mass is 16.2. The monoisotopic (exact) mass is 281 g/mol. The summed E-state index contributed by atoms with van der Waals surface area (Å²) < 4.78 is 0. The molecule has 21 heavy (non-hydrogen) atoms. The first-order valence-electron chi connectivity index (χ1n) is 7.27. The smallest absolute Gasteiger partial charge is 0.223 e. The lowest BCUT2D eigenvalue weighted by Gasteiger charge is -2.29. The summed E-state index contributed by atoms with van der Waals surface area (Å²) in [7, 11) is 0. The number of pyridine rings is 1. The van der Waals surface area contributed by atoms with Crippen LogP contribution in [0, 0.1) is 0 Å². The number of nitrogens with two attached hydrogens (primary N) is 1. The van der Waals surface area contributed by atoms with E-state index in [2.05, 4.69) is 11.1 Å². The van der Waals surface area contributed by atoms with Gasteiger partial charge in [-0.15, -0.1) is 0 Å². The molecule has 4 heteroatoms. The lowest BCUT2D eigenvalue weighted by atomic mass is 9.97. The molecular weight excluding hydrogens is 262 g/mol. The van der Waals surface area contributed by atoms with Crippen molar-refractivity contribution in [3.63, 3.8) is 0 Å². The molecule has 0 radical (unpaired) electrons. The summed E-state index contributed by atoms with van der Waals surface area (Å²) in [5.41, 5.74) is 10.3. The van der Waals surface area contributed by atoms with E-state index in [1.807, 2.05) is 29.2 Å². The predicted octanol–water partition coefficient (Wildman–Crippen LogP) is 2.18. The van der Waals surface area contributed by atoms with Gasteiger partial charge >= 0.3 is 0 Å². The molecule has 0 unspecified atom stereocenters. The van der Waals surface area contributed by atoms with Crippen LogP contribution in [0.25, 0.3) is 0 Å². The van der Waals surface area contributed by atoms with Crippen molar-refractivity contribution in [2.75, 3.05) is 12.3 Å². The van der Waals surface area contributed by atoms with Gasteiger partial charge in [-0.3, -0.25) is 9.78 Å². The van der Waals surface area contributed by atoms with Crippen LogP contribution in [0.4, 0.5) is 5.69 Å². The number of amides is 1. The largest absolute Gasteiger partial charge is 0.398 e. The SMILES string of the molecule is Nc1cccc2c1CN(C(=O)CCc1ccncc1)CC2. The van der Waals surface area contributed by atoms with Gasteiger partial charge in [0, 0.05) is 37.6 Å². The molecule has 0 aliphatic carbocycles. The van der Waals surface area contributed by atoms with Crippen LogP contribution in [0.5, 0.6) is 0 Å². The van der Waals surface area contributed by atoms with Crippen LogP contribution in [0.2, 0.25) is 0 Å². The maximum absolute atomic E-state index is 12.4. The molecule has 0 atom stereocenters. The van der Waals surface area contributed by atoms with Gasteiger partial charge in [-0.25, -0.2) is 0 Å². The molecule has 2 heterocycles. The van der Waals surface area contributed by atoms with Crippen LogP contribution in [0.15, 0.2) is 42.7 Å². The molecule has 0 spiro atoms. The Labute approximate surface area is 124 Å². The molecule has 0 fully saturated rings. The molecular formula is C17H19N3O. The van der Waals surface area contributed by atoms with Crippen molar-refractivity contribution in [2.24, 2.45) is 0 Å². The maximum Gasteiger partial charge on any atom is 0.223 e. The van der Waals surface area contributed by atoms with E-state index in [9.17, 15) is 4.79 Å². The summed E-state index contributed by atoms with van der Waals surface area (Å²) in [5.74, 6) is 0.195. The molecule has 1 aromatic heterocycles. The Morgan fingerprint density at radius 2 is 2.05 bits per heavy atom. The summed E-state index contributed by atoms with van der Waals surface area (Å²) >= 11 is 0. The van der Waals surface area contributed by atoms with Gasteiger partial charge in [0.05, 0.1) is 0 Å². The Balaban J connectivity index is 1.63. The van der Waals surface area contributed by atoms with Crippen molar-refractivity contribution in [1.29, 1.82) is 0 Å². The lowest BCUT2D eigenvalue weighted by Crippen LogP contribution is -2.36. The normalized spacial score (nSPS) is 13.8. The first-order chi connectivity index (χ1) is 10.2. The van der Waals surface area contributed by atoms with Gasteiger partial charge in [0.25, 0.3) is 0 Å². The number of carbonyl (C=O) groups excluding carboxylic acids is 1. The van der Waals surface area contributed by atoms with Crippen molar-refractivity contribution >= 4 is 11.6 Å². The van der Waals surface area contributed by atoms with Crippen LogP contribution in [0.3, 0.4) is 0 Å². The molecule has 0 bridgehead atoms. The fourth-order valence-corrected chi connectivity index (χ4v) is 2.78. The van der Waals surface area contributed by atoms with E-state index in [1.165, 1.54) is 5.56 Å². The number of hydrogen-bond donors (Lipinski definition) is 1. The van der Waals surface area contributed by atoms with E-state index in [1.54, 1.807) is 12.4 Å². The number of aromatic nitrogens is 1. The van der Waals surface area contributed by atoms with E-state index in [0.717, 1.165) is 36.2 Å². The zero-order valence-corrected chi connectivity index (χ0v) is 12.0. The van der Waals surface area contributed by atoms with E-state index in [4.69, 9.17) is 5.73 Å². The van der Waals surface area contributed by atoms with Crippen molar-refractivity contribution in [3.8, 4) is 0 Å². The minimum Gasteiger partial charge on any atom is -0.398 e. The second kappa shape index (κ2) is 5.95. The number of nitrogens with zero attached hydrogens (tertiary/aromatic N) is 2. The van der Waals surface area contributed by atoms with Gasteiger partial charge in [-0.1, -0.05) is 12.1 Å². The Morgan fingerprint density at radius 3 is 2.86 bits per heavy atom. The van der Waals surface area contributed by atoms with Crippen molar-refractivity contribution in [2.45, 2.75) is 25.8 Å². The van der Waals surface area contributed by atoms with Crippen LogP contribution in [-0.4, -0.2) is 22.3 Å². The summed E-state index contributed by atoms with van der Waals surface area (Å²) in [6.07, 6.45) is 5.71. The molecule has 3 rings (SSSR count). The molecule has 2 N–H and O–H groups in total. The molecule has 1 amide bonds. The topological polar surface area (TPSA) is 59.2 Å². The molecule has 4 nitrogen and oxygen atoms in total. The Morgan fingerprint density at radius 1 is 1.24 bits per heavy atom. The van der Waals surface area contributed by atoms with Crippen molar-refractivity contribution < 1.29 is 4.79 Å². The highest BCUT2D eigenvalue weighted by molar-refractivity contribution is 5.77. The summed E-state index contributed by atoms with van der Waals surface area (Å²) in [6, 6.07) is 9.90. The minimum atomic E-state index is 0.195. The molecule has 2 aromatic rings. The zero-order chi connectivity index (χ0) is 14.7.